The Hall–Kier alpha value is -2.16. The molecule has 0 saturated carbocycles. The van der Waals surface area contributed by atoms with E-state index < -0.39 is 0 Å². The van der Waals surface area contributed by atoms with Crippen molar-refractivity contribution in [3.8, 4) is 11.5 Å². The number of hydrogen-bond acceptors (Lipinski definition) is 7. The van der Waals surface area contributed by atoms with Crippen molar-refractivity contribution in [2.75, 3.05) is 53.0 Å². The van der Waals surface area contributed by atoms with Gasteiger partial charge in [-0.3, -0.25) is 19.5 Å². The molecule has 0 aromatic heterocycles. The quantitative estimate of drug-likeness (QED) is 0.597. The Morgan fingerprint density at radius 3 is 2.66 bits per heavy atom. The molecule has 4 aliphatic heterocycles. The van der Waals surface area contributed by atoms with E-state index in [-0.39, 0.29) is 6.17 Å². The molecule has 3 atom stereocenters. The molecule has 1 unspecified atom stereocenters. The van der Waals surface area contributed by atoms with Crippen molar-refractivity contribution in [3.63, 3.8) is 0 Å². The molecule has 4 heterocycles. The highest BCUT2D eigenvalue weighted by Crippen LogP contribution is 2.40. The Morgan fingerprint density at radius 1 is 0.914 bits per heavy atom. The van der Waals surface area contributed by atoms with Crippen molar-refractivity contribution in [1.82, 2.24) is 19.9 Å². The zero-order valence-electron chi connectivity index (χ0n) is 20.8. The van der Waals surface area contributed by atoms with Crippen molar-refractivity contribution in [3.05, 3.63) is 59.7 Å². The lowest BCUT2D eigenvalue weighted by Crippen LogP contribution is -2.58. The number of piperidine rings is 1. The number of ether oxygens (including phenoxy) is 1. The first-order valence-corrected chi connectivity index (χ1v) is 13.3. The minimum Gasteiger partial charge on any atom is -0.493 e. The number of hydroxylamine groups is 2. The molecular formula is C28H38N4O3. The number of piperazine rings is 1. The summed E-state index contributed by atoms with van der Waals surface area (Å²) in [6.45, 7) is 8.54. The van der Waals surface area contributed by atoms with Gasteiger partial charge >= 0.3 is 0 Å². The van der Waals surface area contributed by atoms with Gasteiger partial charge in [0.25, 0.3) is 0 Å². The molecule has 7 heteroatoms. The topological polar surface area (TPSA) is 40.7 Å². The Bertz CT molecular complexity index is 998. The smallest absolute Gasteiger partial charge is 0.156 e. The van der Waals surface area contributed by atoms with Crippen LogP contribution in [0, 0.1) is 5.92 Å². The molecule has 3 fully saturated rings. The molecule has 0 amide bonds. The van der Waals surface area contributed by atoms with E-state index in [1.165, 1.54) is 49.9 Å². The molecule has 0 radical (unpaired) electrons. The summed E-state index contributed by atoms with van der Waals surface area (Å²) in [6.07, 6.45) is 5.11. The van der Waals surface area contributed by atoms with Crippen LogP contribution in [0.15, 0.2) is 48.5 Å². The molecule has 0 bridgehead atoms. The second kappa shape index (κ2) is 10.4. The molecular weight excluding hydrogens is 440 g/mol. The van der Waals surface area contributed by atoms with E-state index in [0.717, 1.165) is 50.8 Å². The van der Waals surface area contributed by atoms with E-state index in [1.54, 1.807) is 12.3 Å². The summed E-state index contributed by atoms with van der Waals surface area (Å²) in [6, 6.07) is 17.6. The normalized spacial score (nSPS) is 28.0. The standard InChI is InChI=1S/C28H38N4O3/c1-33-32-28(26-9-2-3-10-27(26)35-32)31-16-15-30-19-23(11-12-24(30)20-31)21-34-25-8-6-7-22(17-25)18-29-13-4-5-14-29/h2-3,6-10,17,23-24,28H,4-5,11-16,18-21H2,1H3/t23-,24-,28?/m1/s1. The van der Waals surface area contributed by atoms with Gasteiger partial charge in [-0.25, -0.2) is 0 Å². The van der Waals surface area contributed by atoms with Gasteiger partial charge in [0.2, 0.25) is 0 Å². The van der Waals surface area contributed by atoms with E-state index in [1.807, 2.05) is 12.1 Å². The lowest BCUT2D eigenvalue weighted by atomic mass is 9.91. The van der Waals surface area contributed by atoms with Crippen molar-refractivity contribution in [2.45, 2.75) is 44.4 Å². The summed E-state index contributed by atoms with van der Waals surface area (Å²) in [7, 11) is 1.68. The van der Waals surface area contributed by atoms with E-state index in [4.69, 9.17) is 14.4 Å². The molecule has 2 aromatic rings. The van der Waals surface area contributed by atoms with E-state index in [0.29, 0.717) is 12.0 Å². The maximum absolute atomic E-state index is 6.31. The van der Waals surface area contributed by atoms with E-state index in [9.17, 15) is 0 Å². The molecule has 0 spiro atoms. The summed E-state index contributed by atoms with van der Waals surface area (Å²) in [4.78, 5) is 19.2. The lowest BCUT2D eigenvalue weighted by molar-refractivity contribution is -0.338. The zero-order chi connectivity index (χ0) is 23.6. The molecule has 0 aliphatic carbocycles. The summed E-state index contributed by atoms with van der Waals surface area (Å²) in [5, 5.41) is 1.65. The zero-order valence-corrected chi connectivity index (χ0v) is 20.8. The van der Waals surface area contributed by atoms with Gasteiger partial charge in [0.05, 0.1) is 13.7 Å². The second-order valence-electron chi connectivity index (χ2n) is 10.5. The minimum absolute atomic E-state index is 0.0206. The fourth-order valence-corrected chi connectivity index (χ4v) is 6.29. The number of nitrogens with zero attached hydrogens (tertiary/aromatic N) is 4. The fourth-order valence-electron chi connectivity index (χ4n) is 6.29. The van der Waals surface area contributed by atoms with Crippen molar-refractivity contribution >= 4 is 0 Å². The molecule has 0 N–H and O–H groups in total. The van der Waals surface area contributed by atoms with Gasteiger partial charge in [0.15, 0.2) is 11.9 Å². The van der Waals surface area contributed by atoms with Crippen LogP contribution >= 0.6 is 0 Å². The van der Waals surface area contributed by atoms with Crippen molar-refractivity contribution in [2.24, 2.45) is 5.92 Å². The highest BCUT2D eigenvalue weighted by molar-refractivity contribution is 5.37. The van der Waals surface area contributed by atoms with Gasteiger partial charge in [-0.15, -0.1) is 0 Å². The number of benzene rings is 2. The third kappa shape index (κ3) is 5.06. The lowest BCUT2D eigenvalue weighted by Gasteiger charge is -2.48. The average Bonchev–Trinajstić information content (AvgIpc) is 3.55. The van der Waals surface area contributed by atoms with Crippen LogP contribution in [0.25, 0.3) is 0 Å². The molecule has 35 heavy (non-hydrogen) atoms. The Labute approximate surface area is 209 Å². The van der Waals surface area contributed by atoms with Gasteiger partial charge in [0.1, 0.15) is 5.75 Å². The molecule has 3 saturated heterocycles. The first-order chi connectivity index (χ1) is 17.3. The molecule has 4 aliphatic rings. The Balaban J connectivity index is 1.02. The van der Waals surface area contributed by atoms with Crippen molar-refractivity contribution < 1.29 is 14.4 Å². The Kier molecular flexibility index (Phi) is 6.94. The first-order valence-electron chi connectivity index (χ1n) is 13.3. The van der Waals surface area contributed by atoms with E-state index >= 15 is 0 Å². The van der Waals surface area contributed by atoms with Crippen LogP contribution in [0.2, 0.25) is 0 Å². The molecule has 6 rings (SSSR count). The minimum atomic E-state index is 0.0206. The van der Waals surface area contributed by atoms with Crippen LogP contribution in [0.5, 0.6) is 11.5 Å². The van der Waals surface area contributed by atoms with Crippen LogP contribution in [-0.4, -0.2) is 79.0 Å². The SMILES string of the molecule is CON1Oc2ccccc2C1N1CCN2C[C@H](COc3cccc(CN4CCCC4)c3)CC[C@@H]2C1. The highest BCUT2D eigenvalue weighted by atomic mass is 17.0. The predicted octanol–water partition coefficient (Wildman–Crippen LogP) is 3.93. The van der Waals surface area contributed by atoms with Gasteiger partial charge < -0.3 is 9.57 Å². The molecule has 188 valence electrons. The van der Waals surface area contributed by atoms with Crippen LogP contribution in [-0.2, 0) is 11.4 Å². The monoisotopic (exact) mass is 478 g/mol. The maximum Gasteiger partial charge on any atom is 0.156 e. The predicted molar refractivity (Wildman–Crippen MR) is 135 cm³/mol. The van der Waals surface area contributed by atoms with E-state index in [2.05, 4.69) is 51.1 Å². The maximum atomic E-state index is 6.31. The average molecular weight is 479 g/mol. The number of rotatable bonds is 7. The Morgan fingerprint density at radius 2 is 1.77 bits per heavy atom. The van der Waals surface area contributed by atoms with Crippen LogP contribution in [0.1, 0.15) is 43.0 Å². The van der Waals surface area contributed by atoms with Crippen molar-refractivity contribution in [1.29, 1.82) is 0 Å². The number of likely N-dealkylation sites (tertiary alicyclic amines) is 1. The molecule has 2 aromatic carbocycles. The highest BCUT2D eigenvalue weighted by Gasteiger charge is 2.42. The number of para-hydroxylation sites is 1. The van der Waals surface area contributed by atoms with Crippen LogP contribution in [0.3, 0.4) is 0 Å². The van der Waals surface area contributed by atoms with Gasteiger partial charge in [0, 0.05) is 55.5 Å². The van der Waals surface area contributed by atoms with Gasteiger partial charge in [-0.05, 0) is 62.5 Å². The largest absolute Gasteiger partial charge is 0.493 e. The summed E-state index contributed by atoms with van der Waals surface area (Å²) in [5.74, 6) is 2.51. The summed E-state index contributed by atoms with van der Waals surface area (Å²) < 4.78 is 6.31. The number of hydrogen-bond donors (Lipinski definition) is 0. The fraction of sp³-hybridized carbons (Fsp3) is 0.571. The van der Waals surface area contributed by atoms with Crippen LogP contribution < -0.4 is 9.57 Å². The summed E-state index contributed by atoms with van der Waals surface area (Å²) in [5.41, 5.74) is 2.56. The third-order valence-corrected chi connectivity index (χ3v) is 8.14. The number of fused-ring (bicyclic) bond motifs is 2. The second-order valence-corrected chi connectivity index (χ2v) is 10.5. The molecule has 7 nitrogen and oxygen atoms in total. The summed E-state index contributed by atoms with van der Waals surface area (Å²) >= 11 is 0. The van der Waals surface area contributed by atoms with Crippen LogP contribution in [0.4, 0.5) is 0 Å². The van der Waals surface area contributed by atoms with Gasteiger partial charge in [-0.1, -0.05) is 30.3 Å². The van der Waals surface area contributed by atoms with Gasteiger partial charge in [-0.2, -0.15) is 0 Å². The third-order valence-electron chi connectivity index (χ3n) is 8.14. The first kappa shape index (κ1) is 23.3.